The van der Waals surface area contributed by atoms with Gasteiger partial charge in [0.15, 0.2) is 0 Å². The van der Waals surface area contributed by atoms with Gasteiger partial charge in [0.1, 0.15) is 0 Å². The standard InChI is InChI=1S/C13H21N/c1-4-5-9-12(2)13(3)14-10-7-6-8-11-14/h4-5,9H,1,6-8,10-11H2,2-3H3/b9-5-,13-12+. The monoisotopic (exact) mass is 191 g/mol. The Balaban J connectivity index is 2.63. The number of likely N-dealkylation sites (tertiary alicyclic amines) is 1. The molecule has 0 spiro atoms. The molecule has 1 saturated heterocycles. The smallest absolute Gasteiger partial charge is 0.0175 e. The van der Waals surface area contributed by atoms with Crippen LogP contribution in [0.25, 0.3) is 0 Å². The van der Waals surface area contributed by atoms with E-state index in [-0.39, 0.29) is 0 Å². The lowest BCUT2D eigenvalue weighted by molar-refractivity contribution is 0.284. The van der Waals surface area contributed by atoms with Crippen LogP contribution >= 0.6 is 0 Å². The zero-order valence-corrected chi connectivity index (χ0v) is 9.42. The van der Waals surface area contributed by atoms with Crippen molar-refractivity contribution in [1.82, 2.24) is 4.90 Å². The van der Waals surface area contributed by atoms with Crippen LogP contribution in [0.1, 0.15) is 33.1 Å². The van der Waals surface area contributed by atoms with Crippen molar-refractivity contribution >= 4 is 0 Å². The van der Waals surface area contributed by atoms with Crippen LogP contribution in [0.5, 0.6) is 0 Å². The van der Waals surface area contributed by atoms with Crippen molar-refractivity contribution in [3.8, 4) is 0 Å². The van der Waals surface area contributed by atoms with Crippen LogP contribution in [0.2, 0.25) is 0 Å². The molecule has 1 heteroatoms. The summed E-state index contributed by atoms with van der Waals surface area (Å²) in [5.74, 6) is 0. The van der Waals surface area contributed by atoms with Gasteiger partial charge in [-0.2, -0.15) is 0 Å². The molecule has 1 heterocycles. The quantitative estimate of drug-likeness (QED) is 0.617. The normalized spacial score (nSPS) is 19.7. The van der Waals surface area contributed by atoms with E-state index in [1.54, 1.807) is 0 Å². The lowest BCUT2D eigenvalue weighted by Crippen LogP contribution is -2.28. The van der Waals surface area contributed by atoms with Crippen molar-refractivity contribution in [2.24, 2.45) is 0 Å². The van der Waals surface area contributed by atoms with E-state index in [2.05, 4.69) is 31.4 Å². The van der Waals surface area contributed by atoms with Crippen molar-refractivity contribution in [3.05, 3.63) is 36.1 Å². The topological polar surface area (TPSA) is 3.24 Å². The molecule has 0 aromatic heterocycles. The lowest BCUT2D eigenvalue weighted by atomic mass is 10.1. The molecule has 1 rings (SSSR count). The first-order valence-corrected chi connectivity index (χ1v) is 5.47. The number of rotatable bonds is 3. The molecule has 0 N–H and O–H groups in total. The van der Waals surface area contributed by atoms with Crippen LogP contribution in [0.15, 0.2) is 36.1 Å². The summed E-state index contributed by atoms with van der Waals surface area (Å²) in [6.45, 7) is 10.5. The molecule has 0 unspecified atom stereocenters. The summed E-state index contributed by atoms with van der Waals surface area (Å²) < 4.78 is 0. The van der Waals surface area contributed by atoms with Crippen molar-refractivity contribution in [2.75, 3.05) is 13.1 Å². The molecule has 0 aromatic rings. The first-order valence-electron chi connectivity index (χ1n) is 5.47. The SMILES string of the molecule is C=C/C=C\C(C)=C(/C)N1CCCCC1. The Kier molecular flexibility index (Phi) is 4.51. The predicted octanol–water partition coefficient (Wildman–Crippen LogP) is 3.51. The third kappa shape index (κ3) is 3.06. The number of piperidine rings is 1. The second kappa shape index (κ2) is 5.69. The molecule has 14 heavy (non-hydrogen) atoms. The van der Waals surface area contributed by atoms with Gasteiger partial charge in [0.25, 0.3) is 0 Å². The van der Waals surface area contributed by atoms with Crippen LogP contribution in [-0.2, 0) is 0 Å². The van der Waals surface area contributed by atoms with Gasteiger partial charge in [-0.05, 0) is 38.7 Å². The highest BCUT2D eigenvalue weighted by Gasteiger charge is 2.10. The van der Waals surface area contributed by atoms with Gasteiger partial charge in [0.05, 0.1) is 0 Å². The minimum atomic E-state index is 1.23. The number of nitrogens with zero attached hydrogens (tertiary/aromatic N) is 1. The second-order valence-electron chi connectivity index (χ2n) is 3.91. The lowest BCUT2D eigenvalue weighted by Gasteiger charge is -2.30. The Bertz CT molecular complexity index is 242. The van der Waals surface area contributed by atoms with Crippen molar-refractivity contribution < 1.29 is 0 Å². The molecule has 0 atom stereocenters. The van der Waals surface area contributed by atoms with Gasteiger partial charge in [0.2, 0.25) is 0 Å². The molecule has 1 aliphatic rings. The van der Waals surface area contributed by atoms with E-state index in [0.717, 1.165) is 0 Å². The molecule has 1 nitrogen and oxygen atoms in total. The number of hydrogen-bond acceptors (Lipinski definition) is 1. The minimum absolute atomic E-state index is 1.23. The van der Waals surface area contributed by atoms with E-state index in [0.29, 0.717) is 0 Å². The maximum atomic E-state index is 3.68. The van der Waals surface area contributed by atoms with Gasteiger partial charge in [-0.1, -0.05) is 24.8 Å². The van der Waals surface area contributed by atoms with E-state index in [9.17, 15) is 0 Å². The fraction of sp³-hybridized carbons (Fsp3) is 0.538. The van der Waals surface area contributed by atoms with Gasteiger partial charge < -0.3 is 4.90 Å². The van der Waals surface area contributed by atoms with E-state index in [4.69, 9.17) is 0 Å². The van der Waals surface area contributed by atoms with Crippen LogP contribution < -0.4 is 0 Å². The zero-order valence-electron chi connectivity index (χ0n) is 9.42. The molecule has 1 aliphatic heterocycles. The van der Waals surface area contributed by atoms with Gasteiger partial charge >= 0.3 is 0 Å². The Morgan fingerprint density at radius 2 is 1.79 bits per heavy atom. The summed E-state index contributed by atoms with van der Waals surface area (Å²) >= 11 is 0. The Morgan fingerprint density at radius 1 is 1.14 bits per heavy atom. The van der Waals surface area contributed by atoms with E-state index in [1.165, 1.54) is 43.6 Å². The maximum Gasteiger partial charge on any atom is 0.0175 e. The molecular formula is C13H21N. The summed E-state index contributed by atoms with van der Waals surface area (Å²) in [6, 6.07) is 0. The summed E-state index contributed by atoms with van der Waals surface area (Å²) in [5.41, 5.74) is 2.77. The molecule has 0 saturated carbocycles. The molecular weight excluding hydrogens is 170 g/mol. The van der Waals surface area contributed by atoms with Gasteiger partial charge in [0, 0.05) is 18.8 Å². The number of allylic oxidation sites excluding steroid dienone is 5. The summed E-state index contributed by atoms with van der Waals surface area (Å²) in [4.78, 5) is 2.49. The van der Waals surface area contributed by atoms with Crippen LogP contribution in [0, 0.1) is 0 Å². The van der Waals surface area contributed by atoms with E-state index in [1.807, 2.05) is 12.2 Å². The Morgan fingerprint density at radius 3 is 2.36 bits per heavy atom. The highest BCUT2D eigenvalue weighted by Crippen LogP contribution is 2.17. The summed E-state index contributed by atoms with van der Waals surface area (Å²) in [5, 5.41) is 0. The fourth-order valence-electron chi connectivity index (χ4n) is 1.81. The molecule has 0 amide bonds. The fourth-order valence-corrected chi connectivity index (χ4v) is 1.81. The van der Waals surface area contributed by atoms with E-state index >= 15 is 0 Å². The molecule has 1 fully saturated rings. The zero-order chi connectivity index (χ0) is 10.4. The van der Waals surface area contributed by atoms with E-state index < -0.39 is 0 Å². The third-order valence-corrected chi connectivity index (χ3v) is 2.88. The van der Waals surface area contributed by atoms with Gasteiger partial charge in [-0.25, -0.2) is 0 Å². The average Bonchev–Trinajstić information content (AvgIpc) is 2.26. The minimum Gasteiger partial charge on any atom is -0.375 e. The largest absolute Gasteiger partial charge is 0.375 e. The highest BCUT2D eigenvalue weighted by atomic mass is 15.1. The summed E-state index contributed by atoms with van der Waals surface area (Å²) in [7, 11) is 0. The highest BCUT2D eigenvalue weighted by molar-refractivity contribution is 5.24. The average molecular weight is 191 g/mol. The molecule has 78 valence electrons. The molecule has 0 bridgehead atoms. The summed E-state index contributed by atoms with van der Waals surface area (Å²) in [6.07, 6.45) is 10.0. The van der Waals surface area contributed by atoms with Crippen molar-refractivity contribution in [2.45, 2.75) is 33.1 Å². The van der Waals surface area contributed by atoms with Crippen LogP contribution in [0.3, 0.4) is 0 Å². The molecule has 0 radical (unpaired) electrons. The predicted molar refractivity (Wildman–Crippen MR) is 63.1 cm³/mol. The first-order chi connectivity index (χ1) is 6.75. The van der Waals surface area contributed by atoms with Crippen molar-refractivity contribution in [3.63, 3.8) is 0 Å². The number of hydrogen-bond donors (Lipinski definition) is 0. The maximum absolute atomic E-state index is 3.68. The second-order valence-corrected chi connectivity index (χ2v) is 3.91. The third-order valence-electron chi connectivity index (χ3n) is 2.88. The molecule has 0 aliphatic carbocycles. The molecule has 0 aromatic carbocycles. The Labute approximate surface area is 87.8 Å². The first kappa shape index (κ1) is 11.1. The Hall–Kier alpha value is -0.980. The van der Waals surface area contributed by atoms with Crippen LogP contribution in [-0.4, -0.2) is 18.0 Å². The van der Waals surface area contributed by atoms with Gasteiger partial charge in [-0.3, -0.25) is 0 Å². The van der Waals surface area contributed by atoms with Gasteiger partial charge in [-0.15, -0.1) is 0 Å². The van der Waals surface area contributed by atoms with Crippen LogP contribution in [0.4, 0.5) is 0 Å². The van der Waals surface area contributed by atoms with Crippen molar-refractivity contribution in [1.29, 1.82) is 0 Å².